The molecule has 3 aromatic heterocycles. The number of rotatable bonds is 7. The maximum absolute atomic E-state index is 13.4. The summed E-state index contributed by atoms with van der Waals surface area (Å²) in [4.78, 5) is 39.6. The molecule has 0 radical (unpaired) electrons. The number of hydrogen-bond acceptors (Lipinski definition) is 7. The van der Waals surface area contributed by atoms with Gasteiger partial charge in [0.1, 0.15) is 34.2 Å². The van der Waals surface area contributed by atoms with E-state index in [1.165, 1.54) is 28.8 Å². The molecule has 0 saturated carbocycles. The van der Waals surface area contributed by atoms with Crippen LogP contribution in [0.1, 0.15) is 27.4 Å². The first-order valence-corrected chi connectivity index (χ1v) is 11.8. The smallest absolute Gasteiger partial charge is 0.269 e. The largest absolute Gasteiger partial charge is 0.495 e. The van der Waals surface area contributed by atoms with Crippen LogP contribution in [0.25, 0.3) is 16.7 Å². The Bertz CT molecular complexity index is 1710. The molecule has 190 valence electrons. The fourth-order valence-corrected chi connectivity index (χ4v) is 4.23. The summed E-state index contributed by atoms with van der Waals surface area (Å²) in [7, 11) is 1.56. The summed E-state index contributed by atoms with van der Waals surface area (Å²) in [6.45, 7) is 3.30. The van der Waals surface area contributed by atoms with Gasteiger partial charge in [0, 0.05) is 24.8 Å². The highest BCUT2D eigenvalue weighted by Gasteiger charge is 2.20. The van der Waals surface area contributed by atoms with Crippen molar-refractivity contribution >= 4 is 16.8 Å². The number of carbonyl (C=O) groups excluding carboxylic acids is 1. The molecule has 0 amide bonds. The number of carbonyl (C=O) groups is 1. The van der Waals surface area contributed by atoms with Crippen molar-refractivity contribution < 1.29 is 18.7 Å². The van der Waals surface area contributed by atoms with E-state index in [0.29, 0.717) is 51.1 Å². The highest BCUT2D eigenvalue weighted by atomic mass is 19.1. The van der Waals surface area contributed by atoms with Crippen molar-refractivity contribution in [3.8, 4) is 22.9 Å². The molecule has 0 aliphatic rings. The Labute approximate surface area is 217 Å². The Balaban J connectivity index is 1.37. The Morgan fingerprint density at radius 1 is 0.974 bits per heavy atom. The minimum Gasteiger partial charge on any atom is -0.495 e. The molecule has 0 fully saturated rings. The number of methoxy groups -OCH3 is 1. The Kier molecular flexibility index (Phi) is 6.66. The molecule has 0 unspecified atom stereocenters. The molecule has 0 N–H and O–H groups in total. The van der Waals surface area contributed by atoms with Crippen molar-refractivity contribution in [3.05, 3.63) is 112 Å². The van der Waals surface area contributed by atoms with E-state index in [9.17, 15) is 14.0 Å². The van der Waals surface area contributed by atoms with E-state index >= 15 is 0 Å². The maximum atomic E-state index is 13.4. The van der Waals surface area contributed by atoms with E-state index in [2.05, 4.69) is 15.0 Å². The molecule has 9 heteroatoms. The van der Waals surface area contributed by atoms with E-state index in [1.54, 1.807) is 69.7 Å². The number of Topliss-reactive ketones (excluding diaryl/α,β-unsaturated/α-hetero) is 1. The first-order chi connectivity index (χ1) is 18.3. The first kappa shape index (κ1) is 24.8. The van der Waals surface area contributed by atoms with Gasteiger partial charge in [0.15, 0.2) is 11.5 Å². The van der Waals surface area contributed by atoms with Crippen LogP contribution < -0.4 is 15.0 Å². The lowest BCUT2D eigenvalue weighted by Crippen LogP contribution is -2.30. The zero-order valence-corrected chi connectivity index (χ0v) is 20.9. The molecule has 5 rings (SSSR count). The number of nitrogens with zero attached hydrogens (tertiary/aromatic N) is 4. The van der Waals surface area contributed by atoms with Gasteiger partial charge in [-0.15, -0.1) is 0 Å². The van der Waals surface area contributed by atoms with Gasteiger partial charge in [-0.05, 0) is 55.8 Å². The number of aromatic nitrogens is 4. The van der Waals surface area contributed by atoms with Crippen molar-refractivity contribution in [1.29, 1.82) is 0 Å². The molecule has 0 bridgehead atoms. The zero-order valence-electron chi connectivity index (χ0n) is 20.9. The van der Waals surface area contributed by atoms with Gasteiger partial charge >= 0.3 is 0 Å². The predicted molar refractivity (Wildman–Crippen MR) is 140 cm³/mol. The van der Waals surface area contributed by atoms with Crippen LogP contribution in [0.15, 0.2) is 77.9 Å². The molecular formula is C29H23FN4O4. The van der Waals surface area contributed by atoms with Gasteiger partial charge in [0.05, 0.1) is 30.2 Å². The summed E-state index contributed by atoms with van der Waals surface area (Å²) in [6, 6.07) is 16.0. The standard InChI is InChI=1S/C29H23FN4O4/c1-17-27(29(36)34(18(2)33-17)21-8-6-20(30)7-9-21)25(35)14-19-4-10-22(11-5-19)38-26-12-13-31-24-15-23(37-3)16-32-28(24)26/h4-13,15-16H,14H2,1-3H3. The summed E-state index contributed by atoms with van der Waals surface area (Å²) >= 11 is 0. The molecule has 0 saturated heterocycles. The van der Waals surface area contributed by atoms with E-state index in [4.69, 9.17) is 9.47 Å². The van der Waals surface area contributed by atoms with Crippen molar-refractivity contribution in [2.24, 2.45) is 0 Å². The molecule has 38 heavy (non-hydrogen) atoms. The number of halogens is 1. The monoisotopic (exact) mass is 510 g/mol. The molecule has 0 aliphatic carbocycles. The lowest BCUT2D eigenvalue weighted by Gasteiger charge is -2.13. The van der Waals surface area contributed by atoms with Gasteiger partial charge in [-0.1, -0.05) is 12.1 Å². The second-order valence-electron chi connectivity index (χ2n) is 8.63. The van der Waals surface area contributed by atoms with Crippen LogP contribution in [0.5, 0.6) is 17.2 Å². The molecule has 8 nitrogen and oxygen atoms in total. The number of benzene rings is 2. The van der Waals surface area contributed by atoms with E-state index in [1.807, 2.05) is 0 Å². The van der Waals surface area contributed by atoms with Crippen LogP contribution in [0.2, 0.25) is 0 Å². The fraction of sp³-hybridized carbons (Fsp3) is 0.138. The van der Waals surface area contributed by atoms with Crippen molar-refractivity contribution in [1.82, 2.24) is 19.5 Å². The molecular weight excluding hydrogens is 487 g/mol. The summed E-state index contributed by atoms with van der Waals surface area (Å²) < 4.78 is 25.9. The molecule has 0 atom stereocenters. The van der Waals surface area contributed by atoms with Crippen molar-refractivity contribution in [2.75, 3.05) is 7.11 Å². The summed E-state index contributed by atoms with van der Waals surface area (Å²) in [5.41, 5.74) is 2.24. The average Bonchev–Trinajstić information content (AvgIpc) is 2.90. The molecule has 5 aromatic rings. The van der Waals surface area contributed by atoms with Gasteiger partial charge in [0.2, 0.25) is 0 Å². The van der Waals surface area contributed by atoms with Crippen LogP contribution in [-0.4, -0.2) is 32.4 Å². The lowest BCUT2D eigenvalue weighted by molar-refractivity contribution is 0.0990. The van der Waals surface area contributed by atoms with Crippen LogP contribution in [-0.2, 0) is 6.42 Å². The number of ketones is 1. The van der Waals surface area contributed by atoms with E-state index in [0.717, 1.165) is 0 Å². The van der Waals surface area contributed by atoms with Gasteiger partial charge in [-0.25, -0.2) is 14.4 Å². The van der Waals surface area contributed by atoms with E-state index in [-0.39, 0.29) is 17.8 Å². The first-order valence-electron chi connectivity index (χ1n) is 11.8. The van der Waals surface area contributed by atoms with Gasteiger partial charge < -0.3 is 9.47 Å². The summed E-state index contributed by atoms with van der Waals surface area (Å²) in [6.07, 6.45) is 3.23. The summed E-state index contributed by atoms with van der Waals surface area (Å²) in [5, 5.41) is 0. The van der Waals surface area contributed by atoms with E-state index < -0.39 is 11.4 Å². The number of aryl methyl sites for hydroxylation is 2. The third kappa shape index (κ3) is 4.86. The minimum atomic E-state index is -0.486. The normalized spacial score (nSPS) is 10.9. The Morgan fingerprint density at radius 3 is 2.42 bits per heavy atom. The lowest BCUT2D eigenvalue weighted by atomic mass is 10.0. The maximum Gasteiger partial charge on any atom is 0.269 e. The third-order valence-electron chi connectivity index (χ3n) is 6.06. The minimum absolute atomic E-state index is 0.00402. The Morgan fingerprint density at radius 2 is 1.71 bits per heavy atom. The average molecular weight is 511 g/mol. The number of ether oxygens (including phenoxy) is 2. The summed E-state index contributed by atoms with van der Waals surface area (Å²) in [5.74, 6) is 1.32. The van der Waals surface area contributed by atoms with Gasteiger partial charge in [0.25, 0.3) is 5.56 Å². The Hall–Kier alpha value is -4.92. The highest BCUT2D eigenvalue weighted by Crippen LogP contribution is 2.29. The zero-order chi connectivity index (χ0) is 26.8. The SMILES string of the molecule is COc1cnc2c(Oc3ccc(CC(=O)c4c(C)nc(C)n(-c5ccc(F)cc5)c4=O)cc3)ccnc2c1. The number of hydrogen-bond donors (Lipinski definition) is 0. The van der Waals surface area contributed by atoms with Crippen molar-refractivity contribution in [3.63, 3.8) is 0 Å². The van der Waals surface area contributed by atoms with Crippen LogP contribution in [0.3, 0.4) is 0 Å². The van der Waals surface area contributed by atoms with Gasteiger partial charge in [-0.2, -0.15) is 0 Å². The number of fused-ring (bicyclic) bond motifs is 1. The topological polar surface area (TPSA) is 96.2 Å². The second kappa shape index (κ2) is 10.2. The molecule has 0 spiro atoms. The quantitative estimate of drug-likeness (QED) is 0.279. The van der Waals surface area contributed by atoms with Gasteiger partial charge in [-0.3, -0.25) is 19.1 Å². The third-order valence-corrected chi connectivity index (χ3v) is 6.06. The fourth-order valence-electron chi connectivity index (χ4n) is 4.23. The van der Waals surface area contributed by atoms with Crippen molar-refractivity contribution in [2.45, 2.75) is 20.3 Å². The molecule has 2 aromatic carbocycles. The second-order valence-corrected chi connectivity index (χ2v) is 8.63. The number of pyridine rings is 2. The molecule has 0 aliphatic heterocycles. The van der Waals surface area contributed by atoms with Crippen LogP contribution >= 0.6 is 0 Å². The van der Waals surface area contributed by atoms with Crippen LogP contribution in [0.4, 0.5) is 4.39 Å². The van der Waals surface area contributed by atoms with Crippen LogP contribution in [0, 0.1) is 19.7 Å². The highest BCUT2D eigenvalue weighted by molar-refractivity contribution is 5.98. The molecule has 3 heterocycles. The predicted octanol–water partition coefficient (Wildman–Crippen LogP) is 5.16.